The summed E-state index contributed by atoms with van der Waals surface area (Å²) in [6.45, 7) is 7.03. The molecule has 0 spiro atoms. The van der Waals surface area contributed by atoms with Crippen molar-refractivity contribution in [2.75, 3.05) is 0 Å². The van der Waals surface area contributed by atoms with Gasteiger partial charge in [-0.05, 0) is 127 Å². The average molecular weight is 718 g/mol. The predicted molar refractivity (Wildman–Crippen MR) is 229 cm³/mol. The zero-order valence-corrected chi connectivity index (χ0v) is 31.9. The molecule has 0 saturated heterocycles. The van der Waals surface area contributed by atoms with Gasteiger partial charge in [-0.15, -0.1) is 10.0 Å². The Balaban J connectivity index is 1.08. The molecule has 1 nitrogen and oxygen atoms in total. The van der Waals surface area contributed by atoms with Gasteiger partial charge in [0.15, 0.2) is 0 Å². The van der Waals surface area contributed by atoms with Gasteiger partial charge in [0.1, 0.15) is 0 Å². The number of hydrogen-bond donors (Lipinski definition) is 0. The number of aryl methyl sites for hydroxylation is 1. The summed E-state index contributed by atoms with van der Waals surface area (Å²) >= 11 is 0. The Morgan fingerprint density at radius 1 is 0.556 bits per heavy atom. The van der Waals surface area contributed by atoms with E-state index < -0.39 is 10.0 Å². The number of hydrogen-bond acceptors (Lipinski definition) is 0. The Bertz CT molecular complexity index is 2380. The van der Waals surface area contributed by atoms with Crippen LogP contribution < -0.4 is 0 Å². The fourth-order valence-corrected chi connectivity index (χ4v) is 13.4. The molecule has 2 atom stereocenters. The molecule has 0 bridgehead atoms. The minimum absolute atomic E-state index is 0.0447. The molecule has 1 heterocycles. The Morgan fingerprint density at radius 3 is 1.52 bits per heavy atom. The fraction of sp³-hybridized carbons (Fsp3) is 0.154. The maximum atomic E-state index is 4.61. The summed E-state index contributed by atoms with van der Waals surface area (Å²) in [4.78, 5) is 5.44. The number of benzene rings is 7. The molecule has 2 heteroatoms. The quantitative estimate of drug-likeness (QED) is 0.131. The highest BCUT2D eigenvalue weighted by atomic mass is 32.3. The third kappa shape index (κ3) is 5.99. The van der Waals surface area contributed by atoms with Gasteiger partial charge in [0, 0.05) is 36.0 Å². The van der Waals surface area contributed by atoms with Gasteiger partial charge in [0.2, 0.25) is 0 Å². The number of aromatic nitrogens is 1. The van der Waals surface area contributed by atoms with Crippen LogP contribution in [0.4, 0.5) is 0 Å². The van der Waals surface area contributed by atoms with Gasteiger partial charge in [-0.1, -0.05) is 134 Å². The maximum absolute atomic E-state index is 4.61. The standard InChI is InChI=1S/C52H47NS/c1-39-36-40(2)38-52(37-39,35-34-41-26-30-43(31-27-41)53-50-24-14-12-22-48(50)49-23-13-15-25-51(49)53)42-28-32-47(33-29-42)54(44-16-6-3-7-17-44,45-18-8-4-9-19-45)46-20-10-5-11-21-46/h3-33,40H,1,34-38H2,2H3. The Kier molecular flexibility index (Phi) is 9.09. The molecule has 9 rings (SSSR count). The highest BCUT2D eigenvalue weighted by Gasteiger charge is 2.39. The molecule has 266 valence electrons. The first kappa shape index (κ1) is 34.2. The molecule has 0 amide bonds. The second kappa shape index (κ2) is 14.3. The van der Waals surface area contributed by atoms with Crippen molar-refractivity contribution in [3.8, 4) is 5.69 Å². The predicted octanol–water partition coefficient (Wildman–Crippen LogP) is 14.4. The van der Waals surface area contributed by atoms with Crippen molar-refractivity contribution in [1.29, 1.82) is 0 Å². The van der Waals surface area contributed by atoms with E-state index in [0.717, 1.165) is 25.7 Å². The molecule has 0 aliphatic heterocycles. The van der Waals surface area contributed by atoms with Crippen molar-refractivity contribution in [2.45, 2.75) is 64.0 Å². The van der Waals surface area contributed by atoms with Crippen LogP contribution in [0.3, 0.4) is 0 Å². The van der Waals surface area contributed by atoms with E-state index in [9.17, 15) is 0 Å². The van der Waals surface area contributed by atoms with E-state index in [1.165, 1.54) is 70.2 Å². The van der Waals surface area contributed by atoms with E-state index in [2.05, 4.69) is 206 Å². The summed E-state index contributed by atoms with van der Waals surface area (Å²) < 4.78 is 2.41. The molecular weight excluding hydrogens is 671 g/mol. The van der Waals surface area contributed by atoms with Crippen LogP contribution in [-0.2, 0) is 11.8 Å². The minimum Gasteiger partial charge on any atom is -0.309 e. The normalized spacial score (nSPS) is 17.9. The molecule has 1 fully saturated rings. The highest BCUT2D eigenvalue weighted by Crippen LogP contribution is 2.73. The molecule has 2 unspecified atom stereocenters. The third-order valence-corrected chi connectivity index (χ3v) is 15.7. The monoisotopic (exact) mass is 717 g/mol. The van der Waals surface area contributed by atoms with Gasteiger partial charge in [-0.3, -0.25) is 0 Å². The molecule has 1 saturated carbocycles. The molecule has 1 aliphatic rings. The molecule has 1 aliphatic carbocycles. The lowest BCUT2D eigenvalue weighted by atomic mass is 9.62. The van der Waals surface area contributed by atoms with E-state index in [0.29, 0.717) is 5.92 Å². The van der Waals surface area contributed by atoms with Crippen molar-refractivity contribution in [3.63, 3.8) is 0 Å². The minimum atomic E-state index is -1.73. The van der Waals surface area contributed by atoms with Crippen LogP contribution in [0, 0.1) is 5.92 Å². The molecule has 0 radical (unpaired) electrons. The fourth-order valence-electron chi connectivity index (χ4n) is 9.51. The SMILES string of the molecule is C=C1CC(C)CC(CCc2ccc(-n3c4ccccc4c4ccccc43)cc2)(c2ccc(S(c3ccccc3)(c3ccccc3)c3ccccc3)cc2)C1. The Morgan fingerprint density at radius 2 is 1.02 bits per heavy atom. The number of allylic oxidation sites excluding steroid dienone is 1. The molecule has 1 aromatic heterocycles. The van der Waals surface area contributed by atoms with Crippen molar-refractivity contribution in [2.24, 2.45) is 5.92 Å². The van der Waals surface area contributed by atoms with Crippen LogP contribution >= 0.6 is 10.0 Å². The number of para-hydroxylation sites is 2. The Labute approximate surface area is 322 Å². The van der Waals surface area contributed by atoms with Crippen LogP contribution in [0.2, 0.25) is 0 Å². The lowest BCUT2D eigenvalue weighted by molar-refractivity contribution is 0.262. The number of nitrogens with zero attached hydrogens (tertiary/aromatic N) is 1. The number of rotatable bonds is 9. The maximum Gasteiger partial charge on any atom is 0.0541 e. The summed E-state index contributed by atoms with van der Waals surface area (Å²) in [5.41, 5.74) is 7.98. The van der Waals surface area contributed by atoms with Crippen molar-refractivity contribution < 1.29 is 0 Å². The van der Waals surface area contributed by atoms with Gasteiger partial charge in [0.25, 0.3) is 0 Å². The van der Waals surface area contributed by atoms with Crippen LogP contribution in [0.25, 0.3) is 27.5 Å². The zero-order valence-electron chi connectivity index (χ0n) is 31.1. The summed E-state index contributed by atoms with van der Waals surface area (Å²) in [6, 6.07) is 70.2. The smallest absolute Gasteiger partial charge is 0.0541 e. The van der Waals surface area contributed by atoms with Gasteiger partial charge in [0.05, 0.1) is 11.0 Å². The zero-order chi connectivity index (χ0) is 36.5. The van der Waals surface area contributed by atoms with Crippen LogP contribution in [0.15, 0.2) is 220 Å². The molecule has 8 aromatic rings. The van der Waals surface area contributed by atoms with E-state index in [-0.39, 0.29) is 5.41 Å². The van der Waals surface area contributed by atoms with Crippen LogP contribution in [0.5, 0.6) is 0 Å². The molecule has 7 aromatic carbocycles. The second-order valence-corrected chi connectivity index (χ2v) is 18.4. The lowest BCUT2D eigenvalue weighted by Gasteiger charge is -2.44. The first-order valence-corrected chi connectivity index (χ1v) is 21.0. The first-order chi connectivity index (χ1) is 26.5. The van der Waals surface area contributed by atoms with Crippen molar-refractivity contribution >= 4 is 31.8 Å². The van der Waals surface area contributed by atoms with Crippen LogP contribution in [0.1, 0.15) is 43.7 Å². The topological polar surface area (TPSA) is 4.93 Å². The van der Waals surface area contributed by atoms with E-state index in [1.54, 1.807) is 0 Å². The summed E-state index contributed by atoms with van der Waals surface area (Å²) in [5.74, 6) is 0.603. The van der Waals surface area contributed by atoms with E-state index in [4.69, 9.17) is 0 Å². The first-order valence-electron chi connectivity index (χ1n) is 19.4. The van der Waals surface area contributed by atoms with Crippen molar-refractivity contribution in [1.82, 2.24) is 4.57 Å². The number of fused-ring (bicyclic) bond motifs is 3. The van der Waals surface area contributed by atoms with Crippen molar-refractivity contribution in [3.05, 3.63) is 211 Å². The van der Waals surface area contributed by atoms with E-state index >= 15 is 0 Å². The lowest BCUT2D eigenvalue weighted by Crippen LogP contribution is -2.34. The second-order valence-electron chi connectivity index (χ2n) is 15.3. The Hall–Kier alpha value is -5.57. The summed E-state index contributed by atoms with van der Waals surface area (Å²) in [6.07, 6.45) is 5.47. The van der Waals surface area contributed by atoms with Gasteiger partial charge >= 0.3 is 0 Å². The van der Waals surface area contributed by atoms with Gasteiger partial charge < -0.3 is 4.57 Å². The average Bonchev–Trinajstić information content (AvgIpc) is 3.56. The van der Waals surface area contributed by atoms with Gasteiger partial charge in [-0.2, -0.15) is 0 Å². The van der Waals surface area contributed by atoms with E-state index in [1.807, 2.05) is 0 Å². The largest absolute Gasteiger partial charge is 0.309 e. The summed E-state index contributed by atoms with van der Waals surface area (Å²) in [5, 5.41) is 2.60. The van der Waals surface area contributed by atoms with Gasteiger partial charge in [-0.25, -0.2) is 0 Å². The molecular formula is C52H47NS. The molecule has 54 heavy (non-hydrogen) atoms. The highest BCUT2D eigenvalue weighted by molar-refractivity contribution is 8.34. The van der Waals surface area contributed by atoms with Crippen LogP contribution in [-0.4, -0.2) is 4.57 Å². The molecule has 0 N–H and O–H groups in total. The summed E-state index contributed by atoms with van der Waals surface area (Å²) in [7, 11) is -1.73. The third-order valence-electron chi connectivity index (χ3n) is 11.7.